The van der Waals surface area contributed by atoms with Crippen LogP contribution in [0.5, 0.6) is 5.75 Å². The molecule has 2 nitrogen and oxygen atoms in total. The summed E-state index contributed by atoms with van der Waals surface area (Å²) in [6.07, 6.45) is 1.01. The second-order valence-electron chi connectivity index (χ2n) is 4.73. The minimum atomic E-state index is 0.569. The molecule has 1 N–H and O–H groups in total. The van der Waals surface area contributed by atoms with Crippen molar-refractivity contribution in [2.75, 3.05) is 13.7 Å². The van der Waals surface area contributed by atoms with Crippen molar-refractivity contribution in [2.45, 2.75) is 18.8 Å². The largest absolute Gasteiger partial charge is 0.497 e. The average Bonchev–Trinajstić information content (AvgIpc) is 2.52. The van der Waals surface area contributed by atoms with E-state index in [1.807, 2.05) is 18.2 Å². The van der Waals surface area contributed by atoms with Crippen LogP contribution in [0.4, 0.5) is 0 Å². The molecule has 0 aliphatic heterocycles. The Balaban J connectivity index is 1.75. The fourth-order valence-electron chi connectivity index (χ4n) is 2.08. The highest BCUT2D eigenvalue weighted by Gasteiger charge is 1.97. The van der Waals surface area contributed by atoms with Crippen LogP contribution in [0.15, 0.2) is 48.5 Å². The van der Waals surface area contributed by atoms with Gasteiger partial charge in [-0.3, -0.25) is 0 Å². The molecule has 0 fully saturated rings. The number of hydrogen-bond donors (Lipinski definition) is 1. The maximum atomic E-state index is 5.83. The molecule has 2 aromatic rings. The Morgan fingerprint density at radius 3 is 2.45 bits per heavy atom. The number of nitrogens with one attached hydrogen (secondary N) is 1. The summed E-state index contributed by atoms with van der Waals surface area (Å²) < 4.78 is 5.15. The number of alkyl halides is 1. The van der Waals surface area contributed by atoms with E-state index in [1.54, 1.807) is 7.11 Å². The van der Waals surface area contributed by atoms with Crippen molar-refractivity contribution in [3.63, 3.8) is 0 Å². The minimum absolute atomic E-state index is 0.569. The van der Waals surface area contributed by atoms with Gasteiger partial charge in [-0.25, -0.2) is 0 Å². The molecule has 0 unspecified atom stereocenters. The van der Waals surface area contributed by atoms with Crippen molar-refractivity contribution >= 4 is 11.6 Å². The van der Waals surface area contributed by atoms with E-state index in [2.05, 4.69) is 35.6 Å². The zero-order chi connectivity index (χ0) is 14.2. The van der Waals surface area contributed by atoms with Gasteiger partial charge < -0.3 is 10.1 Å². The molecule has 0 heterocycles. The standard InChI is InChI=1S/C17H20ClNO/c1-20-17-7-5-14(6-8-17)9-10-19-13-16-4-2-3-15(11-16)12-18/h2-8,11,19H,9-10,12-13H2,1H3. The first kappa shape index (κ1) is 14.9. The number of rotatable bonds is 7. The summed E-state index contributed by atoms with van der Waals surface area (Å²) in [6, 6.07) is 16.6. The Labute approximate surface area is 125 Å². The van der Waals surface area contributed by atoms with Gasteiger partial charge >= 0.3 is 0 Å². The summed E-state index contributed by atoms with van der Waals surface area (Å²) in [7, 11) is 1.69. The first-order valence-electron chi connectivity index (χ1n) is 6.79. The van der Waals surface area contributed by atoms with E-state index in [0.29, 0.717) is 5.88 Å². The molecule has 2 rings (SSSR count). The molecular weight excluding hydrogens is 270 g/mol. The van der Waals surface area contributed by atoms with Crippen LogP contribution in [-0.4, -0.2) is 13.7 Å². The van der Waals surface area contributed by atoms with E-state index in [-0.39, 0.29) is 0 Å². The maximum absolute atomic E-state index is 5.83. The molecule has 0 aromatic heterocycles. The lowest BCUT2D eigenvalue weighted by Crippen LogP contribution is -2.16. The molecule has 0 atom stereocenters. The summed E-state index contributed by atoms with van der Waals surface area (Å²) in [5.41, 5.74) is 3.76. The molecule has 0 spiro atoms. The van der Waals surface area contributed by atoms with Gasteiger partial charge in [-0.05, 0) is 41.8 Å². The molecule has 3 heteroatoms. The van der Waals surface area contributed by atoms with Gasteiger partial charge in [0.2, 0.25) is 0 Å². The van der Waals surface area contributed by atoms with Gasteiger partial charge in [0.05, 0.1) is 7.11 Å². The lowest BCUT2D eigenvalue weighted by molar-refractivity contribution is 0.414. The van der Waals surface area contributed by atoms with Crippen molar-refractivity contribution in [1.82, 2.24) is 5.32 Å². The van der Waals surface area contributed by atoms with E-state index in [1.165, 1.54) is 16.7 Å². The summed E-state index contributed by atoms with van der Waals surface area (Å²) >= 11 is 5.83. The minimum Gasteiger partial charge on any atom is -0.497 e. The van der Waals surface area contributed by atoms with E-state index < -0.39 is 0 Å². The second kappa shape index (κ2) is 7.93. The van der Waals surface area contributed by atoms with Crippen LogP contribution in [0.3, 0.4) is 0 Å². The van der Waals surface area contributed by atoms with Gasteiger partial charge in [-0.15, -0.1) is 11.6 Å². The van der Waals surface area contributed by atoms with E-state index in [4.69, 9.17) is 16.3 Å². The smallest absolute Gasteiger partial charge is 0.118 e. The fourth-order valence-corrected chi connectivity index (χ4v) is 2.25. The molecular formula is C17H20ClNO. The normalized spacial score (nSPS) is 10.5. The van der Waals surface area contributed by atoms with Gasteiger partial charge in [-0.2, -0.15) is 0 Å². The Bertz CT molecular complexity index is 525. The highest BCUT2D eigenvalue weighted by atomic mass is 35.5. The topological polar surface area (TPSA) is 21.3 Å². The van der Waals surface area contributed by atoms with Crippen LogP contribution in [0, 0.1) is 0 Å². The first-order valence-corrected chi connectivity index (χ1v) is 7.32. The molecule has 106 valence electrons. The Morgan fingerprint density at radius 2 is 1.75 bits per heavy atom. The summed E-state index contributed by atoms with van der Waals surface area (Å²) in [4.78, 5) is 0. The third kappa shape index (κ3) is 4.55. The van der Waals surface area contributed by atoms with Crippen LogP contribution in [0.2, 0.25) is 0 Å². The highest BCUT2D eigenvalue weighted by molar-refractivity contribution is 6.17. The van der Waals surface area contributed by atoms with E-state index >= 15 is 0 Å². The Kier molecular flexibility index (Phi) is 5.90. The number of halogens is 1. The second-order valence-corrected chi connectivity index (χ2v) is 5.00. The monoisotopic (exact) mass is 289 g/mol. The van der Waals surface area contributed by atoms with Crippen LogP contribution < -0.4 is 10.1 Å². The molecule has 0 amide bonds. The van der Waals surface area contributed by atoms with E-state index in [0.717, 1.165) is 25.3 Å². The molecule has 2 aromatic carbocycles. The van der Waals surface area contributed by atoms with Gasteiger partial charge in [0, 0.05) is 12.4 Å². The van der Waals surface area contributed by atoms with Crippen LogP contribution in [0.25, 0.3) is 0 Å². The zero-order valence-corrected chi connectivity index (χ0v) is 12.5. The predicted octanol–water partition coefficient (Wildman–Crippen LogP) is 3.77. The molecule has 0 aliphatic rings. The quantitative estimate of drug-likeness (QED) is 0.619. The zero-order valence-electron chi connectivity index (χ0n) is 11.7. The summed E-state index contributed by atoms with van der Waals surface area (Å²) in [6.45, 7) is 1.83. The van der Waals surface area contributed by atoms with Crippen molar-refractivity contribution < 1.29 is 4.74 Å². The third-order valence-electron chi connectivity index (χ3n) is 3.22. The SMILES string of the molecule is COc1ccc(CCNCc2cccc(CCl)c2)cc1. The average molecular weight is 290 g/mol. The van der Waals surface area contributed by atoms with E-state index in [9.17, 15) is 0 Å². The summed E-state index contributed by atoms with van der Waals surface area (Å²) in [5.74, 6) is 1.47. The molecule has 20 heavy (non-hydrogen) atoms. The number of ether oxygens (including phenoxy) is 1. The van der Waals surface area contributed by atoms with Crippen molar-refractivity contribution in [1.29, 1.82) is 0 Å². The van der Waals surface area contributed by atoms with Crippen LogP contribution in [0.1, 0.15) is 16.7 Å². The van der Waals surface area contributed by atoms with Gasteiger partial charge in [0.1, 0.15) is 5.75 Å². The molecule has 0 bridgehead atoms. The molecule has 0 aliphatic carbocycles. The van der Waals surface area contributed by atoms with Gasteiger partial charge in [0.15, 0.2) is 0 Å². The van der Waals surface area contributed by atoms with Gasteiger partial charge in [0.25, 0.3) is 0 Å². The number of benzene rings is 2. The molecule has 0 saturated carbocycles. The van der Waals surface area contributed by atoms with Crippen molar-refractivity contribution in [2.24, 2.45) is 0 Å². The Hall–Kier alpha value is -1.51. The third-order valence-corrected chi connectivity index (χ3v) is 3.53. The Morgan fingerprint density at radius 1 is 1.00 bits per heavy atom. The molecule has 0 saturated heterocycles. The lowest BCUT2D eigenvalue weighted by atomic mass is 10.1. The van der Waals surface area contributed by atoms with Crippen molar-refractivity contribution in [3.05, 3.63) is 65.2 Å². The van der Waals surface area contributed by atoms with Crippen LogP contribution >= 0.6 is 11.6 Å². The first-order chi connectivity index (χ1) is 9.81. The fraction of sp³-hybridized carbons (Fsp3) is 0.294. The number of methoxy groups -OCH3 is 1. The van der Waals surface area contributed by atoms with Crippen LogP contribution in [-0.2, 0) is 18.8 Å². The number of hydrogen-bond acceptors (Lipinski definition) is 2. The predicted molar refractivity (Wildman–Crippen MR) is 84.4 cm³/mol. The van der Waals surface area contributed by atoms with Crippen molar-refractivity contribution in [3.8, 4) is 5.75 Å². The maximum Gasteiger partial charge on any atom is 0.118 e. The van der Waals surface area contributed by atoms with Gasteiger partial charge in [-0.1, -0.05) is 36.4 Å². The summed E-state index contributed by atoms with van der Waals surface area (Å²) in [5, 5.41) is 3.46. The molecule has 0 radical (unpaired) electrons. The highest BCUT2D eigenvalue weighted by Crippen LogP contribution is 2.11. The lowest BCUT2D eigenvalue weighted by Gasteiger charge is -2.07.